The number of rotatable bonds is 5. The largest absolute Gasteiger partial charge is 0.352 e. The fourth-order valence-electron chi connectivity index (χ4n) is 2.96. The van der Waals surface area contributed by atoms with Crippen LogP contribution in [0.15, 0.2) is 28.7 Å². The molecule has 2 rings (SSSR count). The number of halogens is 1. The molecular weight excluding hydrogens is 316 g/mol. The highest BCUT2D eigenvalue weighted by Gasteiger charge is 2.32. The highest BCUT2D eigenvalue weighted by Crippen LogP contribution is 2.38. The molecule has 4 heteroatoms. The molecule has 110 valence electrons. The topological polar surface area (TPSA) is 55.1 Å². The summed E-state index contributed by atoms with van der Waals surface area (Å²) < 4.78 is 1.05. The van der Waals surface area contributed by atoms with Crippen LogP contribution in [0.4, 0.5) is 0 Å². The van der Waals surface area contributed by atoms with Crippen molar-refractivity contribution in [2.75, 3.05) is 6.54 Å². The average molecular weight is 339 g/mol. The lowest BCUT2D eigenvalue weighted by Gasteiger charge is -2.35. The van der Waals surface area contributed by atoms with E-state index in [9.17, 15) is 4.79 Å². The molecule has 1 saturated carbocycles. The summed E-state index contributed by atoms with van der Waals surface area (Å²) in [4.78, 5) is 12.1. The molecule has 1 aliphatic carbocycles. The van der Waals surface area contributed by atoms with Gasteiger partial charge >= 0.3 is 0 Å². The molecule has 1 aromatic rings. The van der Waals surface area contributed by atoms with Crippen molar-refractivity contribution in [2.24, 2.45) is 11.1 Å². The molecule has 0 bridgehead atoms. The molecule has 0 spiro atoms. The SMILES string of the molecule is NCC1(CC(=O)NCc2ccc(Br)cc2)CCCCC1. The van der Waals surface area contributed by atoms with Crippen molar-refractivity contribution in [1.82, 2.24) is 5.32 Å². The van der Waals surface area contributed by atoms with E-state index in [1.54, 1.807) is 0 Å². The van der Waals surface area contributed by atoms with Gasteiger partial charge in [0.05, 0.1) is 0 Å². The lowest BCUT2D eigenvalue weighted by atomic mass is 9.71. The Labute approximate surface area is 129 Å². The second-order valence-corrected chi connectivity index (χ2v) is 6.76. The first-order valence-corrected chi connectivity index (χ1v) is 8.14. The second-order valence-electron chi connectivity index (χ2n) is 5.84. The number of hydrogen-bond acceptors (Lipinski definition) is 2. The van der Waals surface area contributed by atoms with Crippen molar-refractivity contribution in [3.63, 3.8) is 0 Å². The van der Waals surface area contributed by atoms with Crippen LogP contribution in [0.5, 0.6) is 0 Å². The van der Waals surface area contributed by atoms with E-state index >= 15 is 0 Å². The van der Waals surface area contributed by atoms with Gasteiger partial charge in [-0.1, -0.05) is 47.3 Å². The maximum atomic E-state index is 12.1. The molecule has 1 aromatic carbocycles. The molecule has 0 saturated heterocycles. The van der Waals surface area contributed by atoms with Crippen LogP contribution in [-0.4, -0.2) is 12.5 Å². The van der Waals surface area contributed by atoms with Crippen molar-refractivity contribution >= 4 is 21.8 Å². The summed E-state index contributed by atoms with van der Waals surface area (Å²) >= 11 is 3.41. The van der Waals surface area contributed by atoms with E-state index in [2.05, 4.69) is 21.2 Å². The lowest BCUT2D eigenvalue weighted by Crippen LogP contribution is -2.38. The number of benzene rings is 1. The van der Waals surface area contributed by atoms with Gasteiger partial charge in [0, 0.05) is 17.4 Å². The van der Waals surface area contributed by atoms with Crippen LogP contribution in [0, 0.1) is 5.41 Å². The summed E-state index contributed by atoms with van der Waals surface area (Å²) in [6.07, 6.45) is 6.45. The van der Waals surface area contributed by atoms with Gasteiger partial charge in [-0.2, -0.15) is 0 Å². The number of nitrogens with one attached hydrogen (secondary N) is 1. The van der Waals surface area contributed by atoms with Crippen LogP contribution < -0.4 is 11.1 Å². The Balaban J connectivity index is 1.83. The van der Waals surface area contributed by atoms with Crippen LogP contribution >= 0.6 is 15.9 Å². The first-order valence-electron chi connectivity index (χ1n) is 7.35. The van der Waals surface area contributed by atoms with E-state index in [4.69, 9.17) is 5.73 Å². The molecule has 0 atom stereocenters. The second kappa shape index (κ2) is 7.23. The van der Waals surface area contributed by atoms with E-state index in [0.717, 1.165) is 22.9 Å². The third kappa shape index (κ3) is 4.32. The van der Waals surface area contributed by atoms with Crippen LogP contribution in [-0.2, 0) is 11.3 Å². The minimum Gasteiger partial charge on any atom is -0.352 e. The summed E-state index contributed by atoms with van der Waals surface area (Å²) in [5, 5.41) is 3.02. The Bertz CT molecular complexity index is 438. The minimum atomic E-state index is 0.0437. The molecule has 0 radical (unpaired) electrons. The highest BCUT2D eigenvalue weighted by molar-refractivity contribution is 9.10. The number of hydrogen-bond donors (Lipinski definition) is 2. The van der Waals surface area contributed by atoms with E-state index in [1.165, 1.54) is 19.3 Å². The fraction of sp³-hybridized carbons (Fsp3) is 0.562. The summed E-state index contributed by atoms with van der Waals surface area (Å²) in [6.45, 7) is 1.21. The highest BCUT2D eigenvalue weighted by atomic mass is 79.9. The molecule has 1 aliphatic rings. The molecular formula is C16H23BrN2O. The molecule has 1 fully saturated rings. The van der Waals surface area contributed by atoms with Crippen LogP contribution in [0.2, 0.25) is 0 Å². The normalized spacial score (nSPS) is 17.7. The predicted molar refractivity (Wildman–Crippen MR) is 85.2 cm³/mol. The Morgan fingerprint density at radius 2 is 1.85 bits per heavy atom. The zero-order chi connectivity index (χ0) is 14.4. The quantitative estimate of drug-likeness (QED) is 0.864. The molecule has 0 aromatic heterocycles. The van der Waals surface area contributed by atoms with E-state index in [-0.39, 0.29) is 11.3 Å². The van der Waals surface area contributed by atoms with Gasteiger partial charge in [0.15, 0.2) is 0 Å². The Morgan fingerprint density at radius 1 is 1.20 bits per heavy atom. The average Bonchev–Trinajstić information content (AvgIpc) is 2.47. The third-order valence-corrected chi connectivity index (χ3v) is 4.81. The zero-order valence-corrected chi connectivity index (χ0v) is 13.4. The number of amides is 1. The summed E-state index contributed by atoms with van der Waals surface area (Å²) in [7, 11) is 0. The fourth-order valence-corrected chi connectivity index (χ4v) is 3.23. The van der Waals surface area contributed by atoms with Gasteiger partial charge in [-0.25, -0.2) is 0 Å². The molecule has 0 heterocycles. The Morgan fingerprint density at radius 3 is 2.45 bits per heavy atom. The maximum Gasteiger partial charge on any atom is 0.220 e. The van der Waals surface area contributed by atoms with Gasteiger partial charge < -0.3 is 11.1 Å². The zero-order valence-electron chi connectivity index (χ0n) is 11.8. The standard InChI is InChI=1S/C16H23BrN2O/c17-14-6-4-13(5-7-14)11-19-15(20)10-16(12-18)8-2-1-3-9-16/h4-7H,1-3,8-12,18H2,(H,19,20). The van der Waals surface area contributed by atoms with Crippen LogP contribution in [0.3, 0.4) is 0 Å². The van der Waals surface area contributed by atoms with Gasteiger partial charge in [-0.3, -0.25) is 4.79 Å². The smallest absolute Gasteiger partial charge is 0.220 e. The molecule has 3 nitrogen and oxygen atoms in total. The maximum absolute atomic E-state index is 12.1. The van der Waals surface area contributed by atoms with Gasteiger partial charge in [0.1, 0.15) is 0 Å². The van der Waals surface area contributed by atoms with Gasteiger partial charge in [0.25, 0.3) is 0 Å². The van der Waals surface area contributed by atoms with Gasteiger partial charge in [0.2, 0.25) is 5.91 Å². The first-order chi connectivity index (χ1) is 9.63. The number of nitrogens with two attached hydrogens (primary N) is 1. The van der Waals surface area contributed by atoms with Crippen LogP contribution in [0.25, 0.3) is 0 Å². The summed E-state index contributed by atoms with van der Waals surface area (Å²) in [5.41, 5.74) is 7.09. The van der Waals surface area contributed by atoms with E-state index in [0.29, 0.717) is 19.5 Å². The van der Waals surface area contributed by atoms with E-state index in [1.807, 2.05) is 24.3 Å². The van der Waals surface area contributed by atoms with Gasteiger partial charge in [-0.05, 0) is 42.5 Å². The minimum absolute atomic E-state index is 0.0437. The summed E-state index contributed by atoms with van der Waals surface area (Å²) in [6, 6.07) is 8.02. The van der Waals surface area contributed by atoms with Crippen molar-refractivity contribution in [1.29, 1.82) is 0 Å². The van der Waals surface area contributed by atoms with E-state index < -0.39 is 0 Å². The predicted octanol–water partition coefficient (Wildman–Crippen LogP) is 3.36. The molecule has 0 aliphatic heterocycles. The number of carbonyl (C=O) groups excluding carboxylic acids is 1. The first kappa shape index (κ1) is 15.5. The Hall–Kier alpha value is -0.870. The van der Waals surface area contributed by atoms with Gasteiger partial charge in [-0.15, -0.1) is 0 Å². The molecule has 3 N–H and O–H groups in total. The molecule has 0 unspecified atom stereocenters. The van der Waals surface area contributed by atoms with Crippen LogP contribution in [0.1, 0.15) is 44.1 Å². The van der Waals surface area contributed by atoms with Crippen molar-refractivity contribution in [3.8, 4) is 0 Å². The van der Waals surface area contributed by atoms with Crippen molar-refractivity contribution in [3.05, 3.63) is 34.3 Å². The molecule has 1 amide bonds. The Kier molecular flexibility index (Phi) is 5.61. The lowest BCUT2D eigenvalue weighted by molar-refractivity contribution is -0.124. The van der Waals surface area contributed by atoms with Crippen molar-refractivity contribution < 1.29 is 4.79 Å². The summed E-state index contributed by atoms with van der Waals surface area (Å²) in [5.74, 6) is 0.125. The third-order valence-electron chi connectivity index (χ3n) is 4.29. The monoisotopic (exact) mass is 338 g/mol. The molecule has 20 heavy (non-hydrogen) atoms. The van der Waals surface area contributed by atoms with Crippen molar-refractivity contribution in [2.45, 2.75) is 45.1 Å². The number of carbonyl (C=O) groups is 1.